The maximum Gasteiger partial charge on any atom is 0.0243 e. The minimum atomic E-state index is 1.40. The van der Waals surface area contributed by atoms with Gasteiger partial charge < -0.3 is 0 Å². The summed E-state index contributed by atoms with van der Waals surface area (Å²) in [5.74, 6) is 0. The second kappa shape index (κ2) is 6.42. The molecule has 2 heteroatoms. The Morgan fingerprint density at radius 2 is 0.591 bits per heavy atom. The Hall–Kier alpha value is -0.1000. The summed E-state index contributed by atoms with van der Waals surface area (Å²) in [5.41, 5.74) is 14.3. The molecule has 0 amide bonds. The Bertz CT molecular complexity index is 658. The van der Waals surface area contributed by atoms with E-state index >= 15 is 0 Å². The zero-order chi connectivity index (χ0) is 16.9. The van der Waals surface area contributed by atoms with E-state index in [0.717, 1.165) is 0 Å². The second-order valence-corrected chi connectivity index (χ2v) is 8.54. The first kappa shape index (κ1) is 18.2. The molecule has 0 atom stereocenters. The molecule has 2 rings (SSSR count). The molecule has 0 spiro atoms. The van der Waals surface area contributed by atoms with Crippen molar-refractivity contribution in [2.75, 3.05) is 0 Å². The fraction of sp³-hybridized carbons (Fsp3) is 0.400. The van der Waals surface area contributed by atoms with Crippen molar-refractivity contribution in [2.24, 2.45) is 0 Å². The summed E-state index contributed by atoms with van der Waals surface area (Å²) in [4.78, 5) is 0. The highest BCUT2D eigenvalue weighted by Crippen LogP contribution is 2.41. The van der Waals surface area contributed by atoms with E-state index in [9.17, 15) is 0 Å². The van der Waals surface area contributed by atoms with Crippen LogP contribution in [-0.2, 0) is 0 Å². The quantitative estimate of drug-likeness (QED) is 0.356. The molecule has 0 heterocycles. The number of hydrogen-bond donors (Lipinski definition) is 0. The highest BCUT2D eigenvalue weighted by Gasteiger charge is 2.21. The molecule has 0 fully saturated rings. The highest BCUT2D eigenvalue weighted by atomic mass is 127. The average Bonchev–Trinajstić information content (AvgIpc) is 2.50. The summed E-state index contributed by atoms with van der Waals surface area (Å²) in [7, 11) is 0. The summed E-state index contributed by atoms with van der Waals surface area (Å²) in [6.07, 6.45) is 0. The molecule has 0 N–H and O–H groups in total. The van der Waals surface area contributed by atoms with E-state index in [2.05, 4.69) is 101 Å². The molecule has 0 aliphatic carbocycles. The third kappa shape index (κ3) is 2.64. The lowest BCUT2D eigenvalue weighted by Crippen LogP contribution is -2.05. The Morgan fingerprint density at radius 3 is 0.864 bits per heavy atom. The molecule has 0 radical (unpaired) electrons. The van der Waals surface area contributed by atoms with E-state index in [0.29, 0.717) is 0 Å². The van der Waals surface area contributed by atoms with Crippen molar-refractivity contribution < 1.29 is 0 Å². The third-order valence-corrected chi connectivity index (χ3v) is 8.17. The molecule has 0 saturated heterocycles. The van der Waals surface area contributed by atoms with Gasteiger partial charge in [0.25, 0.3) is 0 Å². The van der Waals surface area contributed by atoms with Gasteiger partial charge in [-0.25, -0.2) is 0 Å². The topological polar surface area (TPSA) is 0 Å². The normalized spacial score (nSPS) is 11.2. The molecule has 0 aromatic heterocycles. The molecule has 118 valence electrons. The molecule has 0 aliphatic rings. The monoisotopic (exact) mass is 518 g/mol. The smallest absolute Gasteiger partial charge is 0.0243 e. The molecule has 0 unspecified atom stereocenters. The van der Waals surface area contributed by atoms with Crippen molar-refractivity contribution in [3.63, 3.8) is 0 Å². The van der Waals surface area contributed by atoms with Gasteiger partial charge in [0, 0.05) is 7.14 Å². The van der Waals surface area contributed by atoms with Gasteiger partial charge in [-0.15, -0.1) is 0 Å². The van der Waals surface area contributed by atoms with Crippen LogP contribution in [0.5, 0.6) is 0 Å². The van der Waals surface area contributed by atoms with Crippen LogP contribution >= 0.6 is 45.2 Å². The van der Waals surface area contributed by atoms with Gasteiger partial charge in [0.1, 0.15) is 0 Å². The fourth-order valence-corrected chi connectivity index (χ4v) is 5.29. The molecule has 0 nitrogen and oxygen atoms in total. The van der Waals surface area contributed by atoms with Crippen LogP contribution in [0.1, 0.15) is 44.5 Å². The third-order valence-electron chi connectivity index (χ3n) is 5.47. The largest absolute Gasteiger partial charge is 0.0443 e. The maximum atomic E-state index is 2.54. The molecule has 0 bridgehead atoms. The van der Waals surface area contributed by atoms with E-state index in [1.54, 1.807) is 0 Å². The van der Waals surface area contributed by atoms with E-state index in [1.165, 1.54) is 62.8 Å². The van der Waals surface area contributed by atoms with Gasteiger partial charge in [0.15, 0.2) is 0 Å². The summed E-state index contributed by atoms with van der Waals surface area (Å²) in [6, 6.07) is 0. The lowest BCUT2D eigenvalue weighted by Gasteiger charge is -2.23. The highest BCUT2D eigenvalue weighted by molar-refractivity contribution is 14.1. The SMILES string of the molecule is Cc1c(C)c(C)c(-c2c(C)c(C)c(C)c(C)c2I)c(I)c1C. The Balaban J connectivity index is 3.03. The molecular formula is C20H24I2. The Morgan fingerprint density at radius 1 is 0.364 bits per heavy atom. The van der Waals surface area contributed by atoms with Crippen molar-refractivity contribution in [1.82, 2.24) is 0 Å². The van der Waals surface area contributed by atoms with E-state index in [4.69, 9.17) is 0 Å². The minimum Gasteiger partial charge on any atom is -0.0443 e. The van der Waals surface area contributed by atoms with Gasteiger partial charge in [-0.1, -0.05) is 0 Å². The molecule has 0 saturated carbocycles. The second-order valence-electron chi connectivity index (χ2n) is 6.38. The van der Waals surface area contributed by atoms with Crippen molar-refractivity contribution >= 4 is 45.2 Å². The van der Waals surface area contributed by atoms with E-state index in [-0.39, 0.29) is 0 Å². The van der Waals surface area contributed by atoms with Crippen LogP contribution in [0.25, 0.3) is 11.1 Å². The van der Waals surface area contributed by atoms with Crippen LogP contribution in [-0.4, -0.2) is 0 Å². The molecule has 2 aromatic carbocycles. The first-order chi connectivity index (χ1) is 10.1. The maximum absolute atomic E-state index is 2.54. The molecule has 0 aliphatic heterocycles. The van der Waals surface area contributed by atoms with Gasteiger partial charge in [-0.3, -0.25) is 0 Å². The van der Waals surface area contributed by atoms with E-state index < -0.39 is 0 Å². The molecular weight excluding hydrogens is 494 g/mol. The van der Waals surface area contributed by atoms with Crippen LogP contribution in [0, 0.1) is 62.5 Å². The Labute approximate surface area is 162 Å². The van der Waals surface area contributed by atoms with E-state index in [1.807, 2.05) is 0 Å². The molecule has 22 heavy (non-hydrogen) atoms. The number of halogens is 2. The van der Waals surface area contributed by atoms with Crippen LogP contribution in [0.2, 0.25) is 0 Å². The lowest BCUT2D eigenvalue weighted by molar-refractivity contribution is 1.17. The zero-order valence-electron chi connectivity index (χ0n) is 14.8. The number of benzene rings is 2. The molecule has 2 aromatic rings. The summed E-state index contributed by atoms with van der Waals surface area (Å²) in [6.45, 7) is 18.1. The average molecular weight is 518 g/mol. The lowest BCUT2D eigenvalue weighted by atomic mass is 9.86. The summed E-state index contributed by atoms with van der Waals surface area (Å²) < 4.78 is 2.81. The van der Waals surface area contributed by atoms with Crippen LogP contribution in [0.15, 0.2) is 0 Å². The van der Waals surface area contributed by atoms with Crippen molar-refractivity contribution in [3.8, 4) is 11.1 Å². The predicted octanol–water partition coefficient (Wildman–Crippen LogP) is 7.03. The first-order valence-corrected chi connectivity index (χ1v) is 9.79. The van der Waals surface area contributed by atoms with Gasteiger partial charge in [0.05, 0.1) is 0 Å². The van der Waals surface area contributed by atoms with Gasteiger partial charge in [-0.2, -0.15) is 0 Å². The number of rotatable bonds is 1. The first-order valence-electron chi connectivity index (χ1n) is 7.63. The standard InChI is InChI=1S/C20H24I2/c1-9-11(3)15(7)19(21)17(13(9)5)18-14(6)10(2)12(4)16(8)20(18)22/h1-8H3. The Kier molecular flexibility index (Phi) is 5.32. The van der Waals surface area contributed by atoms with Gasteiger partial charge in [-0.05, 0) is 156 Å². The van der Waals surface area contributed by atoms with Crippen molar-refractivity contribution in [3.05, 3.63) is 51.6 Å². The van der Waals surface area contributed by atoms with Gasteiger partial charge in [0.2, 0.25) is 0 Å². The predicted molar refractivity (Wildman–Crippen MR) is 115 cm³/mol. The van der Waals surface area contributed by atoms with Crippen LogP contribution in [0.3, 0.4) is 0 Å². The van der Waals surface area contributed by atoms with Crippen LogP contribution in [0.4, 0.5) is 0 Å². The minimum absolute atomic E-state index is 1.40. The zero-order valence-corrected chi connectivity index (χ0v) is 19.1. The summed E-state index contributed by atoms with van der Waals surface area (Å²) >= 11 is 5.08. The summed E-state index contributed by atoms with van der Waals surface area (Å²) in [5, 5.41) is 0. The van der Waals surface area contributed by atoms with Crippen molar-refractivity contribution in [2.45, 2.75) is 55.4 Å². The fourth-order valence-electron chi connectivity index (χ4n) is 3.13. The van der Waals surface area contributed by atoms with Crippen LogP contribution < -0.4 is 0 Å². The number of hydrogen-bond acceptors (Lipinski definition) is 0. The van der Waals surface area contributed by atoms with Crippen molar-refractivity contribution in [1.29, 1.82) is 0 Å². The van der Waals surface area contributed by atoms with Gasteiger partial charge >= 0.3 is 0 Å².